The molecule has 0 saturated heterocycles. The van der Waals surface area contributed by atoms with Crippen molar-refractivity contribution in [2.45, 2.75) is 0 Å². The molecule has 0 aliphatic carbocycles. The first-order valence-corrected chi connectivity index (χ1v) is 2.35. The third kappa shape index (κ3) is 0.703. The predicted molar refractivity (Wildman–Crippen MR) is 28.7 cm³/mol. The zero-order chi connectivity index (χ0) is 4.41. The lowest BCUT2D eigenvalue weighted by atomic mass is 10.7. The first-order valence-electron chi connectivity index (χ1n) is 1.84. The Labute approximate surface area is 39.4 Å². The Morgan fingerprint density at radius 1 is 1.83 bits per heavy atom. The summed E-state index contributed by atoms with van der Waals surface area (Å²) in [6, 6.07) is 0. The van der Waals surface area contributed by atoms with E-state index in [-0.39, 0.29) is 0 Å². The molecule has 2 nitrogen and oxygen atoms in total. The van der Waals surface area contributed by atoms with Crippen molar-refractivity contribution in [3.8, 4) is 0 Å². The molecular weight excluding hydrogens is 95.0 g/mol. The van der Waals surface area contributed by atoms with Crippen molar-refractivity contribution >= 4 is 9.39 Å². The van der Waals surface area contributed by atoms with Crippen molar-refractivity contribution in [3.05, 3.63) is 12.3 Å². The molecule has 1 aliphatic rings. The van der Waals surface area contributed by atoms with E-state index in [4.69, 9.17) is 0 Å². The van der Waals surface area contributed by atoms with Crippen molar-refractivity contribution in [1.29, 1.82) is 0 Å². The van der Waals surface area contributed by atoms with Gasteiger partial charge in [0.05, 0.1) is 0 Å². The summed E-state index contributed by atoms with van der Waals surface area (Å²) in [5, 5.41) is 0. The topological polar surface area (TPSA) is 15.3 Å². The monoisotopic (exact) mass is 102 g/mol. The number of hydrogen-bond donors (Lipinski definition) is 1. The summed E-state index contributed by atoms with van der Waals surface area (Å²) in [5.74, 6) is 0. The molecule has 1 atom stereocenters. The third-order valence-corrected chi connectivity index (χ3v) is 1.01. The van der Waals surface area contributed by atoms with E-state index < -0.39 is 0 Å². The smallest absolute Gasteiger partial charge is 0.0351 e. The van der Waals surface area contributed by atoms with Gasteiger partial charge in [0.25, 0.3) is 0 Å². The van der Waals surface area contributed by atoms with Gasteiger partial charge in [0.15, 0.2) is 0 Å². The Bertz CT molecular complexity index is 71.2. The van der Waals surface area contributed by atoms with E-state index in [1.165, 1.54) is 0 Å². The van der Waals surface area contributed by atoms with Gasteiger partial charge in [-0.15, -0.1) is 0 Å². The average molecular weight is 102 g/mol. The molecule has 1 heterocycles. The molecule has 34 valence electrons. The molecule has 1 unspecified atom stereocenters. The molecule has 1 aliphatic heterocycles. The maximum Gasteiger partial charge on any atom is 0.0351 e. The van der Waals surface area contributed by atoms with Gasteiger partial charge in [-0.2, -0.15) is 0 Å². The molecule has 0 radical (unpaired) electrons. The second-order valence-electron chi connectivity index (χ2n) is 1.15. The molecule has 0 aromatic rings. The first kappa shape index (κ1) is 4.10. The summed E-state index contributed by atoms with van der Waals surface area (Å²) in [5.41, 5.74) is 3.00. The largest absolute Gasteiger partial charge is 0.301 e. The zero-order valence-corrected chi connectivity index (χ0v) is 4.54. The van der Waals surface area contributed by atoms with Crippen LogP contribution < -0.4 is 5.43 Å². The van der Waals surface area contributed by atoms with E-state index in [1.54, 1.807) is 0 Å². The Balaban J connectivity index is 2.38. The summed E-state index contributed by atoms with van der Waals surface area (Å²) in [7, 11) is 2.51. The summed E-state index contributed by atoms with van der Waals surface area (Å²) >= 11 is 0. The normalized spacial score (nSPS) is 19.8. The second kappa shape index (κ2) is 1.59. The Kier molecular flexibility index (Phi) is 1.08. The molecule has 0 aromatic heterocycles. The van der Waals surface area contributed by atoms with Crippen LogP contribution in [0.25, 0.3) is 0 Å². The minimum atomic E-state index is 0.962. The SMILES string of the molecule is PN1C=CCN1. The summed E-state index contributed by atoms with van der Waals surface area (Å²) in [4.78, 5) is 0. The summed E-state index contributed by atoms with van der Waals surface area (Å²) in [6.07, 6.45) is 4.01. The quantitative estimate of drug-likeness (QED) is 0.437. The first-order chi connectivity index (χ1) is 2.89. The van der Waals surface area contributed by atoms with Crippen LogP contribution in [0.4, 0.5) is 0 Å². The third-order valence-electron chi connectivity index (χ3n) is 0.658. The Hall–Kier alpha value is -0.0700. The molecule has 1 rings (SSSR count). The molecule has 0 aromatic carbocycles. The van der Waals surface area contributed by atoms with E-state index in [1.807, 2.05) is 17.1 Å². The lowest BCUT2D eigenvalue weighted by Crippen LogP contribution is -2.17. The highest BCUT2D eigenvalue weighted by Gasteiger charge is 1.90. The molecule has 0 fully saturated rings. The van der Waals surface area contributed by atoms with E-state index in [0.29, 0.717) is 0 Å². The molecule has 0 saturated carbocycles. The van der Waals surface area contributed by atoms with Crippen LogP contribution in [0.5, 0.6) is 0 Å². The van der Waals surface area contributed by atoms with Gasteiger partial charge in [0.2, 0.25) is 0 Å². The lowest BCUT2D eigenvalue weighted by molar-refractivity contribution is 0.516. The number of nitrogens with one attached hydrogen (secondary N) is 1. The summed E-state index contributed by atoms with van der Waals surface area (Å²) in [6.45, 7) is 0.962. The molecule has 6 heavy (non-hydrogen) atoms. The van der Waals surface area contributed by atoms with Gasteiger partial charge in [-0.1, -0.05) is 6.08 Å². The molecular formula is C3H7N2P. The predicted octanol–water partition coefficient (Wildman–Crippen LogP) is 0.110. The number of hydrazine groups is 1. The van der Waals surface area contributed by atoms with Gasteiger partial charge in [-0.3, -0.25) is 0 Å². The number of hydrogen-bond acceptors (Lipinski definition) is 2. The van der Waals surface area contributed by atoms with E-state index in [9.17, 15) is 0 Å². The van der Waals surface area contributed by atoms with Gasteiger partial charge in [0, 0.05) is 12.7 Å². The Morgan fingerprint density at radius 3 is 2.83 bits per heavy atom. The fraction of sp³-hybridized carbons (Fsp3) is 0.333. The molecule has 3 heteroatoms. The molecule has 0 amide bonds. The highest BCUT2D eigenvalue weighted by atomic mass is 31.0. The highest BCUT2D eigenvalue weighted by Crippen LogP contribution is 1.97. The van der Waals surface area contributed by atoms with Crippen LogP contribution in [0, 0.1) is 0 Å². The standard InChI is InChI=1S/C3H7N2P/c6-5-3-1-2-4-5/h1,3-4H,2,6H2. The van der Waals surface area contributed by atoms with Gasteiger partial charge < -0.3 is 4.78 Å². The van der Waals surface area contributed by atoms with Crippen molar-refractivity contribution in [3.63, 3.8) is 0 Å². The minimum absolute atomic E-state index is 0.962. The van der Waals surface area contributed by atoms with Crippen LogP contribution in [-0.4, -0.2) is 11.3 Å². The van der Waals surface area contributed by atoms with Gasteiger partial charge >= 0.3 is 0 Å². The van der Waals surface area contributed by atoms with Crippen LogP contribution in [0.3, 0.4) is 0 Å². The van der Waals surface area contributed by atoms with Gasteiger partial charge in [-0.05, 0) is 9.39 Å². The van der Waals surface area contributed by atoms with Gasteiger partial charge in [-0.25, -0.2) is 5.43 Å². The summed E-state index contributed by atoms with van der Waals surface area (Å²) < 4.78 is 1.85. The van der Waals surface area contributed by atoms with E-state index in [2.05, 4.69) is 14.8 Å². The molecule has 0 bridgehead atoms. The number of nitrogens with zero attached hydrogens (tertiary/aromatic N) is 1. The van der Waals surface area contributed by atoms with E-state index in [0.717, 1.165) is 6.54 Å². The average Bonchev–Trinajstić information content (AvgIpc) is 1.86. The van der Waals surface area contributed by atoms with Crippen LogP contribution >= 0.6 is 9.39 Å². The lowest BCUT2D eigenvalue weighted by Gasteiger charge is -2.04. The number of rotatable bonds is 0. The fourth-order valence-corrected chi connectivity index (χ4v) is 0.604. The van der Waals surface area contributed by atoms with Gasteiger partial charge in [0.1, 0.15) is 0 Å². The molecule has 1 N–H and O–H groups in total. The van der Waals surface area contributed by atoms with Crippen molar-refractivity contribution in [2.75, 3.05) is 6.54 Å². The molecule has 0 spiro atoms. The van der Waals surface area contributed by atoms with Crippen LogP contribution in [0.15, 0.2) is 12.3 Å². The van der Waals surface area contributed by atoms with Crippen LogP contribution in [0.2, 0.25) is 0 Å². The second-order valence-corrected chi connectivity index (χ2v) is 1.71. The van der Waals surface area contributed by atoms with Crippen molar-refractivity contribution < 1.29 is 0 Å². The van der Waals surface area contributed by atoms with E-state index >= 15 is 0 Å². The maximum absolute atomic E-state index is 3.00. The van der Waals surface area contributed by atoms with Crippen LogP contribution in [-0.2, 0) is 0 Å². The Morgan fingerprint density at radius 2 is 2.67 bits per heavy atom. The zero-order valence-electron chi connectivity index (χ0n) is 3.39. The van der Waals surface area contributed by atoms with Crippen molar-refractivity contribution in [2.24, 2.45) is 0 Å². The fourth-order valence-electron chi connectivity index (χ4n) is 0.377. The van der Waals surface area contributed by atoms with Crippen LogP contribution in [0.1, 0.15) is 0 Å². The van der Waals surface area contributed by atoms with Crippen molar-refractivity contribution in [1.82, 2.24) is 10.2 Å². The maximum atomic E-state index is 3.00. The highest BCUT2D eigenvalue weighted by molar-refractivity contribution is 7.13. The minimum Gasteiger partial charge on any atom is -0.301 e.